The number of hydrogen-bond acceptors (Lipinski definition) is 4. The average molecular weight is 433 g/mol. The van der Waals surface area contributed by atoms with Crippen LogP contribution in [-0.4, -0.2) is 43.8 Å². The second-order valence-electron chi connectivity index (χ2n) is 7.95. The van der Waals surface area contributed by atoms with Crippen LogP contribution in [0.1, 0.15) is 31.9 Å². The first-order chi connectivity index (χ1) is 14.3. The van der Waals surface area contributed by atoms with Gasteiger partial charge in [-0.2, -0.15) is 0 Å². The van der Waals surface area contributed by atoms with E-state index in [1.54, 1.807) is 7.11 Å². The third kappa shape index (κ3) is 7.50. The maximum absolute atomic E-state index is 6.42. The van der Waals surface area contributed by atoms with Crippen LogP contribution in [-0.2, 0) is 17.6 Å². The Hall–Kier alpha value is -1.75. The van der Waals surface area contributed by atoms with E-state index in [0.29, 0.717) is 0 Å². The van der Waals surface area contributed by atoms with Crippen molar-refractivity contribution in [1.82, 2.24) is 4.90 Å². The Morgan fingerprint density at radius 3 is 2.40 bits per heavy atom. The molecule has 0 aliphatic carbocycles. The Bertz CT molecular complexity index is 766. The van der Waals surface area contributed by atoms with Crippen molar-refractivity contribution >= 4 is 11.6 Å². The molecular formula is C25H35ClNO3. The van der Waals surface area contributed by atoms with Crippen molar-refractivity contribution < 1.29 is 14.2 Å². The smallest absolute Gasteiger partial charge is 0.178 e. The third-order valence-electron chi connectivity index (χ3n) is 5.18. The van der Waals surface area contributed by atoms with Gasteiger partial charge in [0.2, 0.25) is 0 Å². The first kappa shape index (κ1) is 24.5. The molecule has 30 heavy (non-hydrogen) atoms. The number of aryl methyl sites for hydroxylation is 2. The molecule has 0 aromatic heterocycles. The van der Waals surface area contributed by atoms with E-state index in [1.807, 2.05) is 70.6 Å². The van der Waals surface area contributed by atoms with Gasteiger partial charge in [0.25, 0.3) is 0 Å². The fourth-order valence-electron chi connectivity index (χ4n) is 3.11. The van der Waals surface area contributed by atoms with E-state index in [2.05, 4.69) is 24.3 Å². The predicted molar refractivity (Wildman–Crippen MR) is 124 cm³/mol. The largest absolute Gasteiger partial charge is 0.497 e. The Labute approximate surface area is 187 Å². The van der Waals surface area contributed by atoms with E-state index in [0.717, 1.165) is 24.3 Å². The number of alkyl halides is 1. The van der Waals surface area contributed by atoms with Crippen LogP contribution in [0.3, 0.4) is 0 Å². The van der Waals surface area contributed by atoms with Gasteiger partial charge in [-0.15, -0.1) is 11.6 Å². The minimum Gasteiger partial charge on any atom is -0.497 e. The maximum Gasteiger partial charge on any atom is 0.178 e. The average Bonchev–Trinajstić information content (AvgIpc) is 2.74. The zero-order chi connectivity index (χ0) is 22.1. The van der Waals surface area contributed by atoms with Crippen molar-refractivity contribution in [2.75, 3.05) is 21.2 Å². The lowest BCUT2D eigenvalue weighted by atomic mass is 10.0. The fourth-order valence-corrected chi connectivity index (χ4v) is 3.17. The molecule has 0 fully saturated rings. The number of nitrogens with zero attached hydrogens (tertiary/aromatic N) is 1. The molecular weight excluding hydrogens is 398 g/mol. The molecule has 2 aromatic carbocycles. The highest BCUT2D eigenvalue weighted by Gasteiger charge is 2.24. The van der Waals surface area contributed by atoms with Crippen molar-refractivity contribution in [3.8, 4) is 11.5 Å². The number of rotatable bonds is 12. The topological polar surface area (TPSA) is 30.9 Å². The summed E-state index contributed by atoms with van der Waals surface area (Å²) >= 11 is 6.15. The molecule has 0 saturated carbocycles. The number of halogens is 1. The van der Waals surface area contributed by atoms with E-state index >= 15 is 0 Å². The lowest BCUT2D eigenvalue weighted by molar-refractivity contribution is -0.0590. The van der Waals surface area contributed by atoms with Crippen LogP contribution in [0.2, 0.25) is 0 Å². The first-order valence-corrected chi connectivity index (χ1v) is 10.9. The summed E-state index contributed by atoms with van der Waals surface area (Å²) in [4.78, 5) is 2.03. The molecule has 0 aliphatic rings. The quantitative estimate of drug-likeness (QED) is 0.323. The van der Waals surface area contributed by atoms with Gasteiger partial charge in [0.05, 0.1) is 13.7 Å². The number of benzene rings is 2. The minimum atomic E-state index is -0.225. The van der Waals surface area contributed by atoms with Gasteiger partial charge in [-0.25, -0.2) is 0 Å². The number of hydrogen-bond donors (Lipinski definition) is 0. The molecule has 0 heterocycles. The molecule has 2 aromatic rings. The number of likely N-dealkylation sites (N-methyl/N-ethyl adjacent to an activating group) is 1. The molecule has 4 atom stereocenters. The van der Waals surface area contributed by atoms with E-state index in [1.165, 1.54) is 11.1 Å². The molecule has 0 amide bonds. The van der Waals surface area contributed by atoms with Crippen molar-refractivity contribution in [2.24, 2.45) is 5.92 Å². The number of para-hydroxylation sites is 1. The first-order valence-electron chi connectivity index (χ1n) is 10.5. The summed E-state index contributed by atoms with van der Waals surface area (Å²) in [5, 5.41) is 0.0215. The number of methoxy groups -OCH3 is 1. The minimum absolute atomic E-state index is 0.0215. The van der Waals surface area contributed by atoms with E-state index in [-0.39, 0.29) is 23.6 Å². The van der Waals surface area contributed by atoms with Crippen LogP contribution in [0.25, 0.3) is 0 Å². The van der Waals surface area contributed by atoms with Gasteiger partial charge in [-0.05, 0) is 70.1 Å². The SMILES string of the molecule is COc1cccc(CCc2ccccc2O[C@H](C(C)O[CH]C(C)C(C)Cl)N(C)C)c1. The zero-order valence-corrected chi connectivity index (χ0v) is 19.7. The van der Waals surface area contributed by atoms with Crippen molar-refractivity contribution in [3.63, 3.8) is 0 Å². The van der Waals surface area contributed by atoms with Crippen LogP contribution in [0, 0.1) is 12.5 Å². The molecule has 0 spiro atoms. The molecule has 165 valence electrons. The molecule has 0 bridgehead atoms. The molecule has 0 aliphatic heterocycles. The van der Waals surface area contributed by atoms with Gasteiger partial charge in [-0.1, -0.05) is 37.3 Å². The maximum atomic E-state index is 6.42. The van der Waals surface area contributed by atoms with Crippen LogP contribution in [0.5, 0.6) is 11.5 Å². The molecule has 0 saturated heterocycles. The van der Waals surface area contributed by atoms with E-state index in [9.17, 15) is 0 Å². The Morgan fingerprint density at radius 1 is 1.00 bits per heavy atom. The standard InChI is InChI=1S/C25H35ClNO3/c1-18(19(2)26)17-29-20(3)25(27(4)5)30-24-13-8-7-11-22(24)15-14-21-10-9-12-23(16-21)28-6/h7-13,16-20,25H,14-15H2,1-6H3/t18?,19?,20?,25-/m1/s1. The normalized spacial score (nSPS) is 15.5. The molecule has 4 nitrogen and oxygen atoms in total. The Balaban J connectivity index is 2.06. The summed E-state index contributed by atoms with van der Waals surface area (Å²) in [6, 6.07) is 16.4. The number of ether oxygens (including phenoxy) is 3. The van der Waals surface area contributed by atoms with Crippen molar-refractivity contribution in [3.05, 3.63) is 66.3 Å². The predicted octanol–water partition coefficient (Wildman–Crippen LogP) is 5.58. The van der Waals surface area contributed by atoms with E-state index < -0.39 is 0 Å². The van der Waals surface area contributed by atoms with Gasteiger partial charge in [-0.3, -0.25) is 4.90 Å². The zero-order valence-electron chi connectivity index (χ0n) is 19.0. The van der Waals surface area contributed by atoms with Gasteiger partial charge < -0.3 is 14.2 Å². The third-order valence-corrected chi connectivity index (χ3v) is 5.58. The second-order valence-corrected chi connectivity index (χ2v) is 8.63. The second kappa shape index (κ2) is 12.2. The summed E-state index contributed by atoms with van der Waals surface area (Å²) < 4.78 is 17.7. The van der Waals surface area contributed by atoms with Crippen molar-refractivity contribution in [2.45, 2.75) is 51.3 Å². The summed E-state index contributed by atoms with van der Waals surface area (Å²) in [5.41, 5.74) is 2.41. The highest BCUT2D eigenvalue weighted by atomic mass is 35.5. The monoisotopic (exact) mass is 432 g/mol. The van der Waals surface area contributed by atoms with Gasteiger partial charge >= 0.3 is 0 Å². The van der Waals surface area contributed by atoms with Crippen molar-refractivity contribution in [1.29, 1.82) is 0 Å². The summed E-state index contributed by atoms with van der Waals surface area (Å²) in [5.74, 6) is 1.92. The van der Waals surface area contributed by atoms with Crippen LogP contribution >= 0.6 is 11.6 Å². The molecule has 2 rings (SSSR count). The lowest BCUT2D eigenvalue weighted by Gasteiger charge is -2.31. The van der Waals surface area contributed by atoms with Gasteiger partial charge in [0.15, 0.2) is 6.23 Å². The Kier molecular flexibility index (Phi) is 9.96. The Morgan fingerprint density at radius 2 is 1.73 bits per heavy atom. The summed E-state index contributed by atoms with van der Waals surface area (Å²) in [6.45, 7) is 7.85. The van der Waals surface area contributed by atoms with Crippen LogP contribution in [0.15, 0.2) is 48.5 Å². The highest BCUT2D eigenvalue weighted by molar-refractivity contribution is 6.20. The van der Waals surface area contributed by atoms with E-state index in [4.69, 9.17) is 25.8 Å². The molecule has 1 radical (unpaired) electrons. The molecule has 0 N–H and O–H groups in total. The fraction of sp³-hybridized carbons (Fsp3) is 0.480. The highest BCUT2D eigenvalue weighted by Crippen LogP contribution is 2.25. The van der Waals surface area contributed by atoms with Crippen LogP contribution < -0.4 is 9.47 Å². The van der Waals surface area contributed by atoms with Gasteiger partial charge in [0.1, 0.15) is 17.6 Å². The van der Waals surface area contributed by atoms with Crippen LogP contribution in [0.4, 0.5) is 0 Å². The molecule has 3 unspecified atom stereocenters. The summed E-state index contributed by atoms with van der Waals surface area (Å²) in [6.07, 6.45) is 1.42. The summed E-state index contributed by atoms with van der Waals surface area (Å²) in [7, 11) is 5.69. The molecule has 5 heteroatoms. The lowest BCUT2D eigenvalue weighted by Crippen LogP contribution is -2.43. The van der Waals surface area contributed by atoms with Gasteiger partial charge in [0, 0.05) is 11.3 Å².